The van der Waals surface area contributed by atoms with E-state index in [2.05, 4.69) is 28.8 Å². The van der Waals surface area contributed by atoms with Gasteiger partial charge in [-0.1, -0.05) is 36.4 Å². The standard InChI is InChI=1S/C30H30N4O7S2/c31-28(40)20(10-15-26(36)37)33-29(41)21(11-16-27(38)39)32-25(35)14-7-17-5-8-18(9-6-17)22-12-13-24(42-22)30-34-19-3-1-2-4-23(19)43-30/h1-6,8-9,12-13,20-21H,7,10-11,14-16H2,(H2,31,40)(H,32,35)(H,33,41)(H,36,37)(H,38,39)/t20?,21-/m0/s1. The Morgan fingerprint density at radius 1 is 0.767 bits per heavy atom. The molecule has 13 heteroatoms. The lowest BCUT2D eigenvalue weighted by molar-refractivity contribution is -0.139. The Morgan fingerprint density at radius 2 is 1.42 bits per heavy atom. The molecular formula is C30H30N4O7S2. The number of aliphatic carboxylic acids is 2. The molecule has 11 nitrogen and oxygen atoms in total. The second-order valence-electron chi connectivity index (χ2n) is 9.80. The lowest BCUT2D eigenvalue weighted by Gasteiger charge is -2.21. The highest BCUT2D eigenvalue weighted by Crippen LogP contribution is 2.38. The summed E-state index contributed by atoms with van der Waals surface area (Å²) in [6.45, 7) is 0. The number of fused-ring (bicyclic) bond motifs is 1. The molecule has 0 aliphatic heterocycles. The zero-order valence-corrected chi connectivity index (χ0v) is 24.6. The third-order valence-electron chi connectivity index (χ3n) is 6.60. The van der Waals surface area contributed by atoms with E-state index < -0.39 is 54.6 Å². The van der Waals surface area contributed by atoms with Crippen LogP contribution in [0.4, 0.5) is 0 Å². The average Bonchev–Trinajstić information content (AvgIpc) is 3.64. The molecule has 2 atom stereocenters. The van der Waals surface area contributed by atoms with Crippen molar-refractivity contribution in [2.24, 2.45) is 5.73 Å². The van der Waals surface area contributed by atoms with E-state index in [1.54, 1.807) is 22.7 Å². The van der Waals surface area contributed by atoms with Gasteiger partial charge in [0.05, 0.1) is 15.1 Å². The van der Waals surface area contributed by atoms with E-state index in [0.717, 1.165) is 36.1 Å². The average molecular weight is 623 g/mol. The molecule has 0 aliphatic carbocycles. The number of hydrogen-bond donors (Lipinski definition) is 5. The van der Waals surface area contributed by atoms with Gasteiger partial charge in [0.25, 0.3) is 0 Å². The lowest BCUT2D eigenvalue weighted by atomic mass is 10.0. The van der Waals surface area contributed by atoms with Gasteiger partial charge in [-0.15, -0.1) is 22.7 Å². The molecule has 0 aliphatic rings. The molecule has 4 rings (SSSR count). The fraction of sp³-hybridized carbons (Fsp3) is 0.267. The molecule has 6 N–H and O–H groups in total. The number of hydrogen-bond acceptors (Lipinski definition) is 8. The minimum atomic E-state index is -1.27. The van der Waals surface area contributed by atoms with E-state index in [-0.39, 0.29) is 19.3 Å². The van der Waals surface area contributed by atoms with Crippen molar-refractivity contribution in [3.8, 4) is 20.3 Å². The maximum Gasteiger partial charge on any atom is 0.303 e. The molecule has 0 saturated heterocycles. The highest BCUT2D eigenvalue weighted by Gasteiger charge is 2.26. The van der Waals surface area contributed by atoms with Gasteiger partial charge in [-0.3, -0.25) is 24.0 Å². The summed E-state index contributed by atoms with van der Waals surface area (Å²) in [5.74, 6) is -4.56. The van der Waals surface area contributed by atoms with E-state index in [4.69, 9.17) is 20.9 Å². The molecule has 43 heavy (non-hydrogen) atoms. The van der Waals surface area contributed by atoms with Crippen LogP contribution in [-0.2, 0) is 30.4 Å². The Hall–Kier alpha value is -4.62. The van der Waals surface area contributed by atoms with Crippen molar-refractivity contribution in [2.75, 3.05) is 0 Å². The number of amides is 3. The number of aryl methyl sites for hydroxylation is 1. The topological polar surface area (TPSA) is 189 Å². The number of nitrogens with one attached hydrogen (secondary N) is 2. The van der Waals surface area contributed by atoms with Gasteiger partial charge >= 0.3 is 11.9 Å². The number of thiophene rings is 1. The summed E-state index contributed by atoms with van der Waals surface area (Å²) in [5.41, 5.74) is 8.17. The molecule has 0 radical (unpaired) electrons. The summed E-state index contributed by atoms with van der Waals surface area (Å²) in [6.07, 6.45) is -0.847. The zero-order chi connectivity index (χ0) is 30.9. The van der Waals surface area contributed by atoms with Crippen LogP contribution in [0.15, 0.2) is 60.7 Å². The Labute approximate surface area is 254 Å². The number of nitrogens with zero attached hydrogens (tertiary/aromatic N) is 1. The van der Waals surface area contributed by atoms with Crippen molar-refractivity contribution in [3.05, 3.63) is 66.2 Å². The number of primary amides is 1. The smallest absolute Gasteiger partial charge is 0.303 e. The van der Waals surface area contributed by atoms with Crippen LogP contribution in [0.1, 0.15) is 37.7 Å². The van der Waals surface area contributed by atoms with E-state index in [0.29, 0.717) is 6.42 Å². The number of carboxylic acid groups (broad SMARTS) is 2. The summed E-state index contributed by atoms with van der Waals surface area (Å²) in [5, 5.41) is 23.7. The van der Waals surface area contributed by atoms with Crippen LogP contribution in [-0.4, -0.2) is 56.9 Å². The van der Waals surface area contributed by atoms with Crippen LogP contribution >= 0.6 is 22.7 Å². The number of nitrogens with two attached hydrogens (primary N) is 1. The molecule has 0 spiro atoms. The van der Waals surface area contributed by atoms with Crippen molar-refractivity contribution in [2.45, 2.75) is 50.6 Å². The number of thiazole rings is 1. The number of rotatable bonds is 15. The van der Waals surface area contributed by atoms with E-state index in [1.165, 1.54) is 0 Å². The van der Waals surface area contributed by atoms with Crippen LogP contribution in [0.2, 0.25) is 0 Å². The highest BCUT2D eigenvalue weighted by molar-refractivity contribution is 7.26. The Bertz CT molecular complexity index is 1600. The van der Waals surface area contributed by atoms with Gasteiger partial charge < -0.3 is 26.6 Å². The molecule has 0 bridgehead atoms. The second kappa shape index (κ2) is 14.5. The number of para-hydroxylation sites is 1. The Kier molecular flexibility index (Phi) is 10.6. The predicted octanol–water partition coefficient (Wildman–Crippen LogP) is 3.81. The summed E-state index contributed by atoms with van der Waals surface area (Å²) < 4.78 is 1.14. The quantitative estimate of drug-likeness (QED) is 0.132. The van der Waals surface area contributed by atoms with Gasteiger partial charge in [-0.05, 0) is 54.7 Å². The minimum Gasteiger partial charge on any atom is -0.481 e. The van der Waals surface area contributed by atoms with Crippen LogP contribution in [0.25, 0.3) is 30.5 Å². The molecule has 0 fully saturated rings. The van der Waals surface area contributed by atoms with Crippen molar-refractivity contribution < 1.29 is 34.2 Å². The Morgan fingerprint density at radius 3 is 2.07 bits per heavy atom. The summed E-state index contributed by atoms with van der Waals surface area (Å²) in [6, 6.07) is 17.4. The molecule has 2 heterocycles. The third kappa shape index (κ3) is 8.93. The predicted molar refractivity (Wildman–Crippen MR) is 163 cm³/mol. The number of benzene rings is 2. The van der Waals surface area contributed by atoms with Crippen molar-refractivity contribution >= 4 is 62.6 Å². The monoisotopic (exact) mass is 622 g/mol. The van der Waals surface area contributed by atoms with Gasteiger partial charge in [-0.2, -0.15) is 0 Å². The van der Waals surface area contributed by atoms with E-state index >= 15 is 0 Å². The molecule has 2 aromatic carbocycles. The highest BCUT2D eigenvalue weighted by atomic mass is 32.1. The zero-order valence-electron chi connectivity index (χ0n) is 22.9. The molecule has 1 unspecified atom stereocenters. The molecule has 3 amide bonds. The lowest BCUT2D eigenvalue weighted by Crippen LogP contribution is -2.53. The SMILES string of the molecule is NC(=O)C(CCC(=O)O)NC(=O)[C@H](CCC(=O)O)NC(=O)CCc1ccc(-c2ccc(-c3nc4ccccc4s3)s2)cc1. The number of carbonyl (C=O) groups is 5. The molecule has 4 aromatic rings. The van der Waals surface area contributed by atoms with Crippen LogP contribution in [0.5, 0.6) is 0 Å². The first-order valence-corrected chi connectivity index (χ1v) is 15.1. The first kappa shape index (κ1) is 31.3. The fourth-order valence-electron chi connectivity index (χ4n) is 4.31. The van der Waals surface area contributed by atoms with Crippen LogP contribution in [0, 0.1) is 0 Å². The van der Waals surface area contributed by atoms with Gasteiger partial charge in [0.1, 0.15) is 17.1 Å². The second-order valence-corrected chi connectivity index (χ2v) is 11.9. The maximum absolute atomic E-state index is 12.8. The van der Waals surface area contributed by atoms with Crippen molar-refractivity contribution in [3.63, 3.8) is 0 Å². The van der Waals surface area contributed by atoms with E-state index in [9.17, 15) is 24.0 Å². The molecular weight excluding hydrogens is 592 g/mol. The third-order valence-corrected chi connectivity index (χ3v) is 8.94. The van der Waals surface area contributed by atoms with Crippen molar-refractivity contribution in [1.82, 2.24) is 15.6 Å². The maximum atomic E-state index is 12.8. The van der Waals surface area contributed by atoms with Crippen LogP contribution in [0.3, 0.4) is 0 Å². The normalized spacial score (nSPS) is 12.4. The van der Waals surface area contributed by atoms with E-state index in [1.807, 2.05) is 42.5 Å². The summed E-state index contributed by atoms with van der Waals surface area (Å²) >= 11 is 3.30. The number of carboxylic acids is 2. The molecule has 2 aromatic heterocycles. The number of carbonyl (C=O) groups excluding carboxylic acids is 3. The van der Waals surface area contributed by atoms with Crippen LogP contribution < -0.4 is 16.4 Å². The summed E-state index contributed by atoms with van der Waals surface area (Å²) in [7, 11) is 0. The molecule has 224 valence electrons. The van der Waals surface area contributed by atoms with Gasteiger partial charge in [0, 0.05) is 24.1 Å². The number of aromatic nitrogens is 1. The molecule has 0 saturated carbocycles. The first-order valence-electron chi connectivity index (χ1n) is 13.5. The fourth-order valence-corrected chi connectivity index (χ4v) is 6.34. The minimum absolute atomic E-state index is 0.0369. The largest absolute Gasteiger partial charge is 0.481 e. The van der Waals surface area contributed by atoms with Crippen molar-refractivity contribution in [1.29, 1.82) is 0 Å². The Balaban J connectivity index is 1.33. The van der Waals surface area contributed by atoms with Gasteiger partial charge in [0.15, 0.2) is 0 Å². The summed E-state index contributed by atoms with van der Waals surface area (Å²) in [4.78, 5) is 65.9. The van der Waals surface area contributed by atoms with Gasteiger partial charge in [-0.25, -0.2) is 4.98 Å². The first-order chi connectivity index (χ1) is 20.6. The van der Waals surface area contributed by atoms with Gasteiger partial charge in [0.2, 0.25) is 17.7 Å².